The van der Waals surface area contributed by atoms with E-state index in [1.165, 1.54) is 7.05 Å². The van der Waals surface area contributed by atoms with Crippen LogP contribution in [0.15, 0.2) is 48.4 Å². The number of urea groups is 1. The van der Waals surface area contributed by atoms with Gasteiger partial charge in [-0.15, -0.1) is 0 Å². The highest BCUT2D eigenvalue weighted by molar-refractivity contribution is 6.15. The van der Waals surface area contributed by atoms with Crippen LogP contribution >= 0.6 is 0 Å². The van der Waals surface area contributed by atoms with Gasteiger partial charge in [0.15, 0.2) is 5.76 Å². The van der Waals surface area contributed by atoms with Crippen molar-refractivity contribution in [3.05, 3.63) is 59.5 Å². The summed E-state index contributed by atoms with van der Waals surface area (Å²) in [6, 6.07) is 10.6. The van der Waals surface area contributed by atoms with E-state index in [2.05, 4.69) is 34.2 Å². The van der Waals surface area contributed by atoms with Gasteiger partial charge in [-0.05, 0) is 63.5 Å². The van der Waals surface area contributed by atoms with Crippen LogP contribution < -0.4 is 20.1 Å². The number of ether oxygens (including phenoxy) is 2. The van der Waals surface area contributed by atoms with Crippen LogP contribution in [0.1, 0.15) is 22.3 Å². The van der Waals surface area contributed by atoms with Gasteiger partial charge in [-0.2, -0.15) is 0 Å². The summed E-state index contributed by atoms with van der Waals surface area (Å²) in [5.41, 5.74) is 2.97. The number of benzene rings is 2. The number of nitrogens with one attached hydrogen (secondary N) is 2. The Hall–Kier alpha value is -3.78. The summed E-state index contributed by atoms with van der Waals surface area (Å²) in [5, 5.41) is 6.17. The highest BCUT2D eigenvalue weighted by Gasteiger charge is 2.28. The number of fused-ring (bicyclic) bond motifs is 2. The normalized spacial score (nSPS) is 14.0. The lowest BCUT2D eigenvalue weighted by molar-refractivity contribution is 0.101. The molecular formula is C25H28N4O4. The van der Waals surface area contributed by atoms with Crippen molar-refractivity contribution >= 4 is 34.5 Å². The molecule has 0 atom stereocenters. The van der Waals surface area contributed by atoms with E-state index in [0.29, 0.717) is 17.0 Å². The molecule has 172 valence electrons. The van der Waals surface area contributed by atoms with Crippen molar-refractivity contribution < 1.29 is 19.1 Å². The fraction of sp³-hybridized carbons (Fsp3) is 0.280. The predicted molar refractivity (Wildman–Crippen MR) is 129 cm³/mol. The molecule has 0 radical (unpaired) electrons. The minimum atomic E-state index is -0.342. The quantitative estimate of drug-likeness (QED) is 0.535. The first-order valence-electron chi connectivity index (χ1n) is 10.8. The molecule has 0 fully saturated rings. The van der Waals surface area contributed by atoms with Crippen LogP contribution in [0.4, 0.5) is 10.5 Å². The molecule has 8 nitrogen and oxygen atoms in total. The number of hydrogen-bond donors (Lipinski definition) is 2. The fourth-order valence-electron chi connectivity index (χ4n) is 3.89. The summed E-state index contributed by atoms with van der Waals surface area (Å²) in [4.78, 5) is 26.7. The second kappa shape index (κ2) is 9.38. The number of aromatic nitrogens is 1. The van der Waals surface area contributed by atoms with E-state index < -0.39 is 0 Å². The zero-order valence-electron chi connectivity index (χ0n) is 19.3. The molecule has 0 saturated heterocycles. The summed E-state index contributed by atoms with van der Waals surface area (Å²) in [6.07, 6.45) is 4.82. The van der Waals surface area contributed by atoms with Gasteiger partial charge in [0.25, 0.3) is 0 Å². The molecule has 0 unspecified atom stereocenters. The molecule has 4 rings (SSSR count). The van der Waals surface area contributed by atoms with E-state index in [9.17, 15) is 9.59 Å². The van der Waals surface area contributed by atoms with Crippen molar-refractivity contribution in [2.45, 2.75) is 13.0 Å². The van der Waals surface area contributed by atoms with E-state index in [-0.39, 0.29) is 17.6 Å². The van der Waals surface area contributed by atoms with E-state index in [1.807, 2.05) is 24.4 Å². The van der Waals surface area contributed by atoms with Crippen LogP contribution in [0.3, 0.4) is 0 Å². The number of nitrogens with zero attached hydrogens (tertiary/aromatic N) is 2. The number of allylic oxidation sites excluding steroid dienone is 1. The van der Waals surface area contributed by atoms with Crippen LogP contribution in [-0.4, -0.2) is 56.1 Å². The Labute approximate surface area is 192 Å². The maximum Gasteiger partial charge on any atom is 0.318 e. The van der Waals surface area contributed by atoms with Gasteiger partial charge in [-0.1, -0.05) is 0 Å². The second-order valence-electron chi connectivity index (χ2n) is 8.17. The molecule has 1 aromatic heterocycles. The van der Waals surface area contributed by atoms with E-state index in [0.717, 1.165) is 41.7 Å². The predicted octanol–water partition coefficient (Wildman–Crippen LogP) is 3.97. The Morgan fingerprint density at radius 2 is 2.03 bits per heavy atom. The molecule has 1 aliphatic heterocycles. The first-order valence-corrected chi connectivity index (χ1v) is 10.8. The molecule has 1 aliphatic rings. The molecule has 3 aromatic rings. The van der Waals surface area contributed by atoms with Gasteiger partial charge in [-0.25, -0.2) is 4.79 Å². The molecule has 2 heterocycles. The first kappa shape index (κ1) is 22.4. The molecule has 0 saturated carbocycles. The molecule has 2 N–H and O–H groups in total. The molecular weight excluding hydrogens is 420 g/mol. The van der Waals surface area contributed by atoms with Crippen LogP contribution in [-0.2, 0) is 6.54 Å². The van der Waals surface area contributed by atoms with Crippen molar-refractivity contribution in [1.29, 1.82) is 0 Å². The lowest BCUT2D eigenvalue weighted by Gasteiger charge is -2.10. The average molecular weight is 449 g/mol. The van der Waals surface area contributed by atoms with Crippen molar-refractivity contribution in [1.82, 2.24) is 14.8 Å². The summed E-state index contributed by atoms with van der Waals surface area (Å²) >= 11 is 0. The molecule has 0 spiro atoms. The Bertz CT molecular complexity index is 1240. The third kappa shape index (κ3) is 4.70. The maximum atomic E-state index is 13.0. The largest absolute Gasteiger partial charge is 0.497 e. The Morgan fingerprint density at radius 3 is 2.76 bits per heavy atom. The summed E-state index contributed by atoms with van der Waals surface area (Å²) in [7, 11) is 7.29. The van der Waals surface area contributed by atoms with Crippen molar-refractivity contribution in [3.8, 4) is 11.5 Å². The third-order valence-corrected chi connectivity index (χ3v) is 5.56. The molecule has 8 heteroatoms. The third-order valence-electron chi connectivity index (χ3n) is 5.56. The van der Waals surface area contributed by atoms with Crippen LogP contribution in [0.2, 0.25) is 0 Å². The van der Waals surface area contributed by atoms with Gasteiger partial charge < -0.3 is 29.6 Å². The Morgan fingerprint density at radius 1 is 1.21 bits per heavy atom. The van der Waals surface area contributed by atoms with Gasteiger partial charge in [0.1, 0.15) is 11.5 Å². The highest BCUT2D eigenvalue weighted by atomic mass is 16.5. The zero-order valence-corrected chi connectivity index (χ0v) is 19.3. The number of amides is 2. The van der Waals surface area contributed by atoms with Crippen molar-refractivity contribution in [2.75, 3.05) is 40.1 Å². The molecule has 2 aromatic carbocycles. The number of carbonyl (C=O) groups is 2. The number of anilines is 1. The topological polar surface area (TPSA) is 84.8 Å². The number of aryl methyl sites for hydroxylation is 1. The van der Waals surface area contributed by atoms with E-state index in [1.54, 1.807) is 31.4 Å². The monoisotopic (exact) mass is 448 g/mol. The SMILES string of the molecule is CNC(=O)Nc1ccc2c(c1)OC(=Cc1cn(CCCN(C)C)c3ccc(OC)cc13)C2=O. The van der Waals surface area contributed by atoms with Crippen molar-refractivity contribution in [2.24, 2.45) is 0 Å². The lowest BCUT2D eigenvalue weighted by Crippen LogP contribution is -2.24. The molecule has 0 aliphatic carbocycles. The van der Waals surface area contributed by atoms with Crippen molar-refractivity contribution in [3.63, 3.8) is 0 Å². The Kier molecular flexibility index (Phi) is 6.37. The molecule has 0 bridgehead atoms. The van der Waals surface area contributed by atoms with Gasteiger partial charge in [0, 0.05) is 48.0 Å². The standard InChI is InChI=1S/C25H28N4O4/c1-26-25(31)27-17-6-8-19-22(13-17)33-23(24(19)30)12-16-15-29(11-5-10-28(2)3)21-9-7-18(32-4)14-20(16)21/h6-9,12-15H,5,10-11H2,1-4H3,(H2,26,27,31). The minimum absolute atomic E-state index is 0.187. The van der Waals surface area contributed by atoms with Gasteiger partial charge in [0.05, 0.1) is 12.7 Å². The van der Waals surface area contributed by atoms with E-state index in [4.69, 9.17) is 9.47 Å². The number of Topliss-reactive ketones (excluding diaryl/α,β-unsaturated/α-hetero) is 1. The van der Waals surface area contributed by atoms with Crippen LogP contribution in [0, 0.1) is 0 Å². The highest BCUT2D eigenvalue weighted by Crippen LogP contribution is 2.35. The molecule has 2 amide bonds. The minimum Gasteiger partial charge on any atom is -0.497 e. The smallest absolute Gasteiger partial charge is 0.318 e. The summed E-state index contributed by atoms with van der Waals surface area (Å²) < 4.78 is 13.5. The number of methoxy groups -OCH3 is 1. The zero-order chi connectivity index (χ0) is 23.5. The summed E-state index contributed by atoms with van der Waals surface area (Å²) in [6.45, 7) is 1.84. The number of carbonyl (C=O) groups excluding carboxylic acids is 2. The van der Waals surface area contributed by atoms with E-state index >= 15 is 0 Å². The number of rotatable bonds is 7. The average Bonchev–Trinajstić information content (AvgIpc) is 3.30. The van der Waals surface area contributed by atoms with Crippen LogP contribution in [0.5, 0.6) is 11.5 Å². The maximum absolute atomic E-state index is 13.0. The first-order chi connectivity index (χ1) is 15.9. The van der Waals surface area contributed by atoms with Gasteiger partial charge in [0.2, 0.25) is 5.78 Å². The van der Waals surface area contributed by atoms with Gasteiger partial charge >= 0.3 is 6.03 Å². The van der Waals surface area contributed by atoms with Crippen LogP contribution in [0.25, 0.3) is 17.0 Å². The lowest BCUT2D eigenvalue weighted by atomic mass is 10.1. The second-order valence-corrected chi connectivity index (χ2v) is 8.17. The summed E-state index contributed by atoms with van der Waals surface area (Å²) in [5.74, 6) is 1.23. The number of hydrogen-bond acceptors (Lipinski definition) is 5. The Balaban J connectivity index is 1.67. The van der Waals surface area contributed by atoms with Gasteiger partial charge in [-0.3, -0.25) is 4.79 Å². The number of ketones is 1. The molecule has 33 heavy (non-hydrogen) atoms. The fourth-order valence-corrected chi connectivity index (χ4v) is 3.89.